The molecule has 3 rings (SSSR count). The molecule has 128 valence electrons. The minimum absolute atomic E-state index is 0.0819. The Kier molecular flexibility index (Phi) is 5.03. The van der Waals surface area contributed by atoms with Gasteiger partial charge in [-0.25, -0.2) is 4.79 Å². The number of urea groups is 1. The zero-order valence-corrected chi connectivity index (χ0v) is 13.8. The number of nitrogens with zero attached hydrogens (tertiary/aromatic N) is 3. The van der Waals surface area contributed by atoms with Gasteiger partial charge in [0.2, 0.25) is 6.10 Å². The van der Waals surface area contributed by atoms with Crippen molar-refractivity contribution in [2.24, 2.45) is 5.16 Å². The predicted octanol–water partition coefficient (Wildman–Crippen LogP) is 1.34. The smallest absolute Gasteiger partial charge is 0.319 e. The summed E-state index contributed by atoms with van der Waals surface area (Å²) in [5.41, 5.74) is 0.941. The molecular weight excluding hydrogens is 296 g/mol. The van der Waals surface area contributed by atoms with Gasteiger partial charge in [-0.2, -0.15) is 0 Å². The number of hydrogen-bond acceptors (Lipinski definition) is 4. The highest BCUT2D eigenvalue weighted by Crippen LogP contribution is 2.17. The van der Waals surface area contributed by atoms with Crippen molar-refractivity contribution in [2.45, 2.75) is 57.6 Å². The molecule has 7 heteroatoms. The van der Waals surface area contributed by atoms with E-state index in [4.69, 9.17) is 4.84 Å². The van der Waals surface area contributed by atoms with E-state index in [-0.39, 0.29) is 18.0 Å². The summed E-state index contributed by atoms with van der Waals surface area (Å²) in [6.45, 7) is 5.20. The standard InChI is InChI=1S/C16H26N4O3/c1-2-12-11-14(23-18-12)15(21)17-13-5-9-20(10-6-13)16(22)19-7-3-4-8-19/h13-14H,2-11H2,1H3,(H,17,21). The van der Waals surface area contributed by atoms with Crippen LogP contribution >= 0.6 is 0 Å². The normalized spacial score (nSPS) is 25.3. The van der Waals surface area contributed by atoms with Gasteiger partial charge in [-0.05, 0) is 32.1 Å². The second-order valence-corrected chi connectivity index (χ2v) is 6.56. The van der Waals surface area contributed by atoms with Gasteiger partial charge >= 0.3 is 6.03 Å². The van der Waals surface area contributed by atoms with Gasteiger partial charge in [-0.15, -0.1) is 0 Å². The zero-order valence-electron chi connectivity index (χ0n) is 13.8. The van der Waals surface area contributed by atoms with Gasteiger partial charge in [-0.3, -0.25) is 4.79 Å². The zero-order chi connectivity index (χ0) is 16.2. The molecule has 0 radical (unpaired) electrons. The number of carbonyl (C=O) groups is 2. The summed E-state index contributed by atoms with van der Waals surface area (Å²) >= 11 is 0. The summed E-state index contributed by atoms with van der Waals surface area (Å²) in [5, 5.41) is 6.97. The van der Waals surface area contributed by atoms with Gasteiger partial charge in [0.05, 0.1) is 5.71 Å². The Morgan fingerprint density at radius 2 is 1.83 bits per heavy atom. The maximum Gasteiger partial charge on any atom is 0.319 e. The van der Waals surface area contributed by atoms with Crippen molar-refractivity contribution in [3.8, 4) is 0 Å². The Labute approximate surface area is 137 Å². The first-order valence-corrected chi connectivity index (χ1v) is 8.73. The van der Waals surface area contributed by atoms with Crippen molar-refractivity contribution in [2.75, 3.05) is 26.2 Å². The maximum atomic E-state index is 12.3. The molecule has 0 aromatic heterocycles. The molecule has 3 aliphatic heterocycles. The van der Waals surface area contributed by atoms with E-state index >= 15 is 0 Å². The molecular formula is C16H26N4O3. The molecule has 0 spiro atoms. The van der Waals surface area contributed by atoms with E-state index in [2.05, 4.69) is 10.5 Å². The lowest BCUT2D eigenvalue weighted by atomic mass is 10.0. The third kappa shape index (κ3) is 3.76. The Bertz CT molecular complexity index is 480. The van der Waals surface area contributed by atoms with Crippen molar-refractivity contribution in [1.29, 1.82) is 0 Å². The summed E-state index contributed by atoms with van der Waals surface area (Å²) < 4.78 is 0. The largest absolute Gasteiger partial charge is 0.382 e. The van der Waals surface area contributed by atoms with E-state index in [1.54, 1.807) is 0 Å². The molecule has 1 unspecified atom stereocenters. The topological polar surface area (TPSA) is 74.2 Å². The van der Waals surface area contributed by atoms with Crippen LogP contribution in [-0.4, -0.2) is 65.8 Å². The molecule has 2 fully saturated rings. The van der Waals surface area contributed by atoms with Crippen LogP contribution in [0.25, 0.3) is 0 Å². The monoisotopic (exact) mass is 322 g/mol. The molecule has 23 heavy (non-hydrogen) atoms. The highest BCUT2D eigenvalue weighted by Gasteiger charge is 2.32. The first-order chi connectivity index (χ1) is 11.2. The SMILES string of the molecule is CCC1=NOC(C(=O)NC2CCN(C(=O)N3CCCC3)CC2)C1. The Morgan fingerprint density at radius 1 is 1.17 bits per heavy atom. The van der Waals surface area contributed by atoms with Gasteiger partial charge in [-0.1, -0.05) is 12.1 Å². The van der Waals surface area contributed by atoms with E-state index in [1.807, 2.05) is 16.7 Å². The van der Waals surface area contributed by atoms with E-state index in [0.29, 0.717) is 19.5 Å². The number of likely N-dealkylation sites (tertiary alicyclic amines) is 2. The van der Waals surface area contributed by atoms with Gasteiger partial charge in [0.25, 0.3) is 5.91 Å². The van der Waals surface area contributed by atoms with Crippen LogP contribution in [0, 0.1) is 0 Å². The third-order valence-electron chi connectivity index (χ3n) is 4.92. The maximum absolute atomic E-state index is 12.3. The second-order valence-electron chi connectivity index (χ2n) is 6.56. The highest BCUT2D eigenvalue weighted by molar-refractivity contribution is 5.92. The van der Waals surface area contributed by atoms with Crippen LogP contribution in [0.4, 0.5) is 4.79 Å². The van der Waals surface area contributed by atoms with Crippen molar-refractivity contribution in [3.05, 3.63) is 0 Å². The summed E-state index contributed by atoms with van der Waals surface area (Å²) in [6, 6.07) is 0.284. The van der Waals surface area contributed by atoms with E-state index < -0.39 is 6.10 Å². The average molecular weight is 322 g/mol. The lowest BCUT2D eigenvalue weighted by Gasteiger charge is -2.35. The number of amides is 3. The number of rotatable bonds is 3. The molecule has 0 bridgehead atoms. The van der Waals surface area contributed by atoms with Crippen LogP contribution in [0.1, 0.15) is 45.4 Å². The van der Waals surface area contributed by atoms with E-state index in [9.17, 15) is 9.59 Å². The fraction of sp³-hybridized carbons (Fsp3) is 0.812. The van der Waals surface area contributed by atoms with E-state index in [0.717, 1.165) is 50.9 Å². The first-order valence-electron chi connectivity index (χ1n) is 8.73. The molecule has 2 saturated heterocycles. The van der Waals surface area contributed by atoms with Crippen molar-refractivity contribution in [1.82, 2.24) is 15.1 Å². The molecule has 3 heterocycles. The quantitative estimate of drug-likeness (QED) is 0.852. The summed E-state index contributed by atoms with van der Waals surface area (Å²) in [6.07, 6.45) is 4.77. The Balaban J connectivity index is 1.41. The number of carbonyl (C=O) groups excluding carboxylic acids is 2. The van der Waals surface area contributed by atoms with Crippen molar-refractivity contribution < 1.29 is 14.4 Å². The number of oxime groups is 1. The number of piperidine rings is 1. The summed E-state index contributed by atoms with van der Waals surface area (Å²) in [4.78, 5) is 33.6. The van der Waals surface area contributed by atoms with Crippen molar-refractivity contribution >= 4 is 17.6 Å². The fourth-order valence-corrected chi connectivity index (χ4v) is 3.39. The molecule has 0 saturated carbocycles. The van der Waals surface area contributed by atoms with Crippen molar-refractivity contribution in [3.63, 3.8) is 0 Å². The first kappa shape index (κ1) is 16.1. The molecule has 0 aromatic carbocycles. The minimum Gasteiger partial charge on any atom is -0.382 e. The number of nitrogens with one attached hydrogen (secondary N) is 1. The van der Waals surface area contributed by atoms with Crippen LogP contribution in [-0.2, 0) is 9.63 Å². The second kappa shape index (κ2) is 7.19. The van der Waals surface area contributed by atoms with Gasteiger partial charge in [0.1, 0.15) is 0 Å². The van der Waals surface area contributed by atoms with E-state index in [1.165, 1.54) is 0 Å². The van der Waals surface area contributed by atoms with Gasteiger partial charge in [0.15, 0.2) is 0 Å². The third-order valence-corrected chi connectivity index (χ3v) is 4.92. The van der Waals surface area contributed by atoms with Gasteiger partial charge < -0.3 is 20.0 Å². The fourth-order valence-electron chi connectivity index (χ4n) is 3.39. The predicted molar refractivity (Wildman–Crippen MR) is 86.2 cm³/mol. The highest BCUT2D eigenvalue weighted by atomic mass is 16.6. The van der Waals surface area contributed by atoms with Gasteiger partial charge in [0, 0.05) is 38.6 Å². The van der Waals surface area contributed by atoms with Crippen LogP contribution in [0.5, 0.6) is 0 Å². The Morgan fingerprint density at radius 3 is 2.43 bits per heavy atom. The van der Waals surface area contributed by atoms with Crippen LogP contribution in [0.3, 0.4) is 0 Å². The molecule has 1 N–H and O–H groups in total. The molecule has 3 aliphatic rings. The molecule has 0 aromatic rings. The number of hydrogen-bond donors (Lipinski definition) is 1. The van der Waals surface area contributed by atoms with Crippen LogP contribution in [0.15, 0.2) is 5.16 Å². The summed E-state index contributed by atoms with van der Waals surface area (Å²) in [5.74, 6) is -0.0819. The average Bonchev–Trinajstić information content (AvgIpc) is 3.26. The molecule has 1 atom stereocenters. The lowest BCUT2D eigenvalue weighted by molar-refractivity contribution is -0.132. The minimum atomic E-state index is -0.478. The molecule has 3 amide bonds. The van der Waals surface area contributed by atoms with Crippen LogP contribution < -0.4 is 5.32 Å². The molecule has 0 aliphatic carbocycles. The summed E-state index contributed by atoms with van der Waals surface area (Å²) in [7, 11) is 0. The lowest BCUT2D eigenvalue weighted by Crippen LogP contribution is -2.51. The molecule has 7 nitrogen and oxygen atoms in total. The van der Waals surface area contributed by atoms with Crippen LogP contribution in [0.2, 0.25) is 0 Å². The Hall–Kier alpha value is -1.79.